The van der Waals surface area contributed by atoms with E-state index < -0.39 is 11.9 Å². The number of aromatic nitrogens is 4. The van der Waals surface area contributed by atoms with Crippen molar-refractivity contribution < 1.29 is 9.59 Å². The third-order valence-corrected chi connectivity index (χ3v) is 6.20. The zero-order chi connectivity index (χ0) is 24.2. The van der Waals surface area contributed by atoms with E-state index in [4.69, 9.17) is 10.7 Å². The van der Waals surface area contributed by atoms with Gasteiger partial charge in [-0.3, -0.25) is 14.7 Å². The van der Waals surface area contributed by atoms with Gasteiger partial charge in [-0.25, -0.2) is 9.78 Å². The van der Waals surface area contributed by atoms with Gasteiger partial charge in [0.1, 0.15) is 0 Å². The highest BCUT2D eigenvalue weighted by Gasteiger charge is 2.20. The Kier molecular flexibility index (Phi) is 6.23. The fourth-order valence-corrected chi connectivity index (χ4v) is 4.52. The number of fused-ring (bicyclic) bond motifs is 1. The van der Waals surface area contributed by atoms with E-state index in [1.165, 1.54) is 11.8 Å². The molecule has 0 fully saturated rings. The maximum Gasteiger partial charge on any atom is 0.318 e. The number of hydrogen-bond acceptors (Lipinski definition) is 6. The van der Waals surface area contributed by atoms with Crippen LogP contribution >= 0.6 is 11.8 Å². The molecule has 8 nitrogen and oxygen atoms in total. The van der Waals surface area contributed by atoms with Crippen molar-refractivity contribution >= 4 is 34.6 Å². The van der Waals surface area contributed by atoms with Crippen LogP contribution in [-0.2, 0) is 4.79 Å². The number of carbonyl (C=O) groups excluding carboxylic acids is 2. The van der Waals surface area contributed by atoms with Crippen LogP contribution in [0.15, 0.2) is 96.2 Å². The number of primary amides is 1. The minimum absolute atomic E-state index is 0.0414. The van der Waals surface area contributed by atoms with E-state index in [-0.39, 0.29) is 5.75 Å². The molecule has 3 amide bonds. The van der Waals surface area contributed by atoms with Crippen LogP contribution < -0.4 is 11.1 Å². The van der Waals surface area contributed by atoms with Crippen LogP contribution in [0.1, 0.15) is 0 Å². The Morgan fingerprint density at radius 1 is 0.886 bits per heavy atom. The lowest BCUT2D eigenvalue weighted by atomic mass is 10.0. The van der Waals surface area contributed by atoms with Gasteiger partial charge in [0.25, 0.3) is 0 Å². The van der Waals surface area contributed by atoms with Crippen LogP contribution in [0.25, 0.3) is 39.2 Å². The minimum Gasteiger partial charge on any atom is -0.351 e. The van der Waals surface area contributed by atoms with Gasteiger partial charge in [0.2, 0.25) is 5.91 Å². The van der Waals surface area contributed by atoms with Gasteiger partial charge >= 0.3 is 6.03 Å². The summed E-state index contributed by atoms with van der Waals surface area (Å²) in [4.78, 5) is 27.9. The van der Waals surface area contributed by atoms with Gasteiger partial charge in [0, 0.05) is 22.2 Å². The molecule has 0 saturated carbocycles. The summed E-state index contributed by atoms with van der Waals surface area (Å²) in [6.07, 6.45) is 0. The van der Waals surface area contributed by atoms with Crippen molar-refractivity contribution in [2.45, 2.75) is 5.16 Å². The monoisotopic (exact) mass is 480 g/mol. The van der Waals surface area contributed by atoms with Crippen LogP contribution in [0.3, 0.4) is 0 Å². The topological polar surface area (TPSA) is 116 Å². The van der Waals surface area contributed by atoms with Gasteiger partial charge in [0.15, 0.2) is 11.0 Å². The Hall–Kier alpha value is -4.50. The van der Waals surface area contributed by atoms with Crippen LogP contribution in [-0.4, -0.2) is 37.4 Å². The zero-order valence-corrected chi connectivity index (χ0v) is 19.3. The number of nitrogens with two attached hydrogens (primary N) is 1. The molecule has 2 aromatic heterocycles. The third-order valence-electron chi connectivity index (χ3n) is 5.27. The van der Waals surface area contributed by atoms with Gasteiger partial charge in [0.05, 0.1) is 17.0 Å². The first-order valence-corrected chi connectivity index (χ1v) is 11.8. The normalized spacial score (nSPS) is 10.9. The summed E-state index contributed by atoms with van der Waals surface area (Å²) in [5, 5.41) is 12.4. The summed E-state index contributed by atoms with van der Waals surface area (Å²) in [5.74, 6) is 0.0671. The van der Waals surface area contributed by atoms with E-state index in [0.717, 1.165) is 33.4 Å². The van der Waals surface area contributed by atoms with Gasteiger partial charge in [-0.05, 0) is 24.3 Å². The van der Waals surface area contributed by atoms with Gasteiger partial charge in [-0.1, -0.05) is 78.5 Å². The predicted octanol–water partition coefficient (Wildman–Crippen LogP) is 4.44. The lowest BCUT2D eigenvalue weighted by molar-refractivity contribution is -0.117. The van der Waals surface area contributed by atoms with Gasteiger partial charge in [-0.2, -0.15) is 0 Å². The van der Waals surface area contributed by atoms with E-state index in [1.54, 1.807) is 0 Å². The Balaban J connectivity index is 1.67. The summed E-state index contributed by atoms with van der Waals surface area (Å²) >= 11 is 1.17. The molecule has 0 spiro atoms. The van der Waals surface area contributed by atoms with Crippen LogP contribution in [0, 0.1) is 0 Å². The van der Waals surface area contributed by atoms with E-state index in [0.29, 0.717) is 11.0 Å². The highest BCUT2D eigenvalue weighted by Crippen LogP contribution is 2.34. The first kappa shape index (κ1) is 22.3. The summed E-state index contributed by atoms with van der Waals surface area (Å²) in [6, 6.07) is 28.6. The number of nitrogens with zero attached hydrogens (tertiary/aromatic N) is 4. The standard InChI is InChI=1S/C26H20N6O2S/c27-25(34)29-23(33)16-35-26-31-30-24(32(26)18-11-5-2-6-12-18)20-15-22(17-9-3-1-4-10-17)28-21-14-8-7-13-19(20)21/h1-15H,16H2,(H3,27,29,33,34). The van der Waals surface area contributed by atoms with Crippen LogP contribution in [0.2, 0.25) is 0 Å². The van der Waals surface area contributed by atoms with Crippen molar-refractivity contribution in [2.75, 3.05) is 5.75 Å². The van der Waals surface area contributed by atoms with E-state index in [9.17, 15) is 9.59 Å². The smallest absolute Gasteiger partial charge is 0.318 e. The molecule has 0 unspecified atom stereocenters. The van der Waals surface area contributed by atoms with Crippen molar-refractivity contribution in [1.29, 1.82) is 0 Å². The second-order valence-corrected chi connectivity index (χ2v) is 8.56. The molecule has 0 bridgehead atoms. The third kappa shape index (κ3) is 4.75. The van der Waals surface area contributed by atoms with Crippen molar-refractivity contribution in [1.82, 2.24) is 25.1 Å². The lowest BCUT2D eigenvalue weighted by Gasteiger charge is -2.13. The number of nitrogens with one attached hydrogen (secondary N) is 1. The Morgan fingerprint density at radius 2 is 1.57 bits per heavy atom. The number of rotatable bonds is 6. The number of carbonyl (C=O) groups is 2. The number of amides is 3. The van der Waals surface area contributed by atoms with Crippen molar-refractivity contribution in [2.24, 2.45) is 5.73 Å². The highest BCUT2D eigenvalue weighted by atomic mass is 32.2. The molecule has 5 aromatic rings. The molecule has 3 N–H and O–H groups in total. The quantitative estimate of drug-likeness (QED) is 0.347. The number of pyridine rings is 1. The zero-order valence-electron chi connectivity index (χ0n) is 18.5. The van der Waals surface area contributed by atoms with Crippen molar-refractivity contribution in [3.8, 4) is 28.3 Å². The van der Waals surface area contributed by atoms with Crippen LogP contribution in [0.5, 0.6) is 0 Å². The first-order chi connectivity index (χ1) is 17.1. The Bertz CT molecular complexity index is 1520. The molecule has 5 rings (SSSR count). The minimum atomic E-state index is -0.891. The summed E-state index contributed by atoms with van der Waals surface area (Å²) < 4.78 is 1.90. The fraction of sp³-hybridized carbons (Fsp3) is 0.0385. The molecule has 0 atom stereocenters. The molecule has 0 aliphatic heterocycles. The van der Waals surface area contributed by atoms with Crippen molar-refractivity contribution in [3.63, 3.8) is 0 Å². The number of imide groups is 1. The van der Waals surface area contributed by atoms with E-state index in [2.05, 4.69) is 15.5 Å². The Morgan fingerprint density at radius 3 is 2.31 bits per heavy atom. The number of thioether (sulfide) groups is 1. The highest BCUT2D eigenvalue weighted by molar-refractivity contribution is 7.99. The number of para-hydroxylation sites is 2. The molecule has 0 radical (unpaired) electrons. The summed E-state index contributed by atoms with van der Waals surface area (Å²) in [5.41, 5.74) is 9.40. The molecule has 172 valence electrons. The fourth-order valence-electron chi connectivity index (χ4n) is 3.77. The molecule has 9 heteroatoms. The molecule has 35 heavy (non-hydrogen) atoms. The maximum absolute atomic E-state index is 12.0. The number of urea groups is 1. The molecule has 2 heterocycles. The van der Waals surface area contributed by atoms with Gasteiger partial charge in [-0.15, -0.1) is 10.2 Å². The number of benzene rings is 3. The first-order valence-electron chi connectivity index (χ1n) is 10.8. The summed E-state index contributed by atoms with van der Waals surface area (Å²) in [6.45, 7) is 0. The summed E-state index contributed by atoms with van der Waals surface area (Å²) in [7, 11) is 0. The predicted molar refractivity (Wildman–Crippen MR) is 136 cm³/mol. The molecule has 0 saturated heterocycles. The molecular formula is C26H20N6O2S. The van der Waals surface area contributed by atoms with Gasteiger partial charge < -0.3 is 5.73 Å². The SMILES string of the molecule is NC(=O)NC(=O)CSc1nnc(-c2cc(-c3ccccc3)nc3ccccc23)n1-c1ccccc1. The number of hydrogen-bond donors (Lipinski definition) is 2. The maximum atomic E-state index is 12.0. The van der Waals surface area contributed by atoms with Crippen molar-refractivity contribution in [3.05, 3.63) is 91.0 Å². The second kappa shape index (κ2) is 9.78. The molecule has 0 aliphatic rings. The van der Waals surface area contributed by atoms with Crippen LogP contribution in [0.4, 0.5) is 4.79 Å². The largest absolute Gasteiger partial charge is 0.351 e. The molecule has 0 aliphatic carbocycles. The lowest BCUT2D eigenvalue weighted by Crippen LogP contribution is -2.36. The van der Waals surface area contributed by atoms with E-state index in [1.807, 2.05) is 95.6 Å². The van der Waals surface area contributed by atoms with E-state index >= 15 is 0 Å². The Labute approximate surface area is 205 Å². The average molecular weight is 481 g/mol. The molecular weight excluding hydrogens is 460 g/mol. The molecule has 3 aromatic carbocycles. The average Bonchev–Trinajstić information content (AvgIpc) is 3.31. The second-order valence-electron chi connectivity index (χ2n) is 7.62.